The Balaban J connectivity index is 1.90. The second kappa shape index (κ2) is 7.31. The molecule has 2 N–H and O–H groups in total. The zero-order valence-corrected chi connectivity index (χ0v) is 14.5. The number of hydrogen-bond donors (Lipinski definition) is 2. The van der Waals surface area contributed by atoms with Crippen molar-refractivity contribution in [3.8, 4) is 0 Å². The highest BCUT2D eigenvalue weighted by molar-refractivity contribution is 5.83. The van der Waals surface area contributed by atoms with Crippen LogP contribution in [0.25, 0.3) is 10.9 Å². The molecule has 1 fully saturated rings. The van der Waals surface area contributed by atoms with E-state index < -0.39 is 5.97 Å². The average Bonchev–Trinajstić information content (AvgIpc) is 3.06. The minimum absolute atomic E-state index is 0.224. The number of nitrogens with zero attached hydrogens (tertiary/aromatic N) is 1. The highest BCUT2D eigenvalue weighted by atomic mass is 16.4. The van der Waals surface area contributed by atoms with Crippen LogP contribution >= 0.6 is 0 Å². The van der Waals surface area contributed by atoms with E-state index in [4.69, 9.17) is 0 Å². The van der Waals surface area contributed by atoms with Gasteiger partial charge < -0.3 is 10.4 Å². The van der Waals surface area contributed by atoms with Gasteiger partial charge in [0.2, 0.25) is 0 Å². The third kappa shape index (κ3) is 3.75. The first-order chi connectivity index (χ1) is 11.5. The summed E-state index contributed by atoms with van der Waals surface area (Å²) >= 11 is 0. The number of aromatic nitrogens is 1. The molecule has 2 atom stereocenters. The van der Waals surface area contributed by atoms with Crippen molar-refractivity contribution in [2.45, 2.75) is 33.1 Å². The van der Waals surface area contributed by atoms with Gasteiger partial charge in [-0.2, -0.15) is 0 Å². The standard InChI is InChI=1S/C20H26N2O2/c1-13(2)9-15-6-8-22-19-4-3-14(10-17(15)19)11-18(20(23)24)16-5-7-21-12-16/h3-4,6,8,10,13,16,18,21H,5,7,9,11-12H2,1-2H3,(H,23,24). The number of carboxylic acids is 1. The summed E-state index contributed by atoms with van der Waals surface area (Å²) in [6, 6.07) is 8.30. The highest BCUT2D eigenvalue weighted by Gasteiger charge is 2.30. The molecule has 0 saturated carbocycles. The van der Waals surface area contributed by atoms with Crippen LogP contribution in [0.3, 0.4) is 0 Å². The first-order valence-electron chi connectivity index (χ1n) is 8.84. The molecule has 0 spiro atoms. The summed E-state index contributed by atoms with van der Waals surface area (Å²) < 4.78 is 0. The van der Waals surface area contributed by atoms with Crippen LogP contribution in [-0.4, -0.2) is 29.1 Å². The smallest absolute Gasteiger partial charge is 0.307 e. The van der Waals surface area contributed by atoms with Gasteiger partial charge in [0.1, 0.15) is 0 Å². The summed E-state index contributed by atoms with van der Waals surface area (Å²) in [5, 5.41) is 14.1. The summed E-state index contributed by atoms with van der Waals surface area (Å²) in [7, 11) is 0. The van der Waals surface area contributed by atoms with Crippen LogP contribution in [-0.2, 0) is 17.6 Å². The Morgan fingerprint density at radius 2 is 2.17 bits per heavy atom. The van der Waals surface area contributed by atoms with Crippen LogP contribution in [0.5, 0.6) is 0 Å². The SMILES string of the molecule is CC(C)Cc1ccnc2ccc(CC(C(=O)O)C3CCNC3)cc12. The van der Waals surface area contributed by atoms with Crippen LogP contribution in [0, 0.1) is 17.8 Å². The number of rotatable bonds is 6. The molecule has 2 unspecified atom stereocenters. The largest absolute Gasteiger partial charge is 0.481 e. The Kier molecular flexibility index (Phi) is 5.14. The molecule has 4 nitrogen and oxygen atoms in total. The van der Waals surface area contributed by atoms with Gasteiger partial charge in [0.25, 0.3) is 0 Å². The molecule has 128 valence electrons. The number of carboxylic acid groups (broad SMARTS) is 1. The van der Waals surface area contributed by atoms with E-state index in [0.717, 1.165) is 42.4 Å². The molecule has 24 heavy (non-hydrogen) atoms. The van der Waals surface area contributed by atoms with E-state index in [1.165, 1.54) is 5.56 Å². The third-order valence-electron chi connectivity index (χ3n) is 4.96. The van der Waals surface area contributed by atoms with Gasteiger partial charge >= 0.3 is 5.97 Å². The van der Waals surface area contributed by atoms with Gasteiger partial charge in [-0.3, -0.25) is 9.78 Å². The number of carbonyl (C=O) groups is 1. The first kappa shape index (κ1) is 16.9. The minimum atomic E-state index is -0.683. The second-order valence-corrected chi connectivity index (χ2v) is 7.32. The number of hydrogen-bond acceptors (Lipinski definition) is 3. The summed E-state index contributed by atoms with van der Waals surface area (Å²) in [5.41, 5.74) is 3.39. The Labute approximate surface area is 143 Å². The molecule has 2 heterocycles. The Morgan fingerprint density at radius 3 is 2.83 bits per heavy atom. The lowest BCUT2D eigenvalue weighted by molar-refractivity contribution is -0.143. The molecule has 1 aliphatic heterocycles. The summed E-state index contributed by atoms with van der Waals surface area (Å²) in [6.45, 7) is 6.16. The van der Waals surface area contributed by atoms with Crippen molar-refractivity contribution >= 4 is 16.9 Å². The summed E-state index contributed by atoms with van der Waals surface area (Å²) in [4.78, 5) is 16.2. The maximum atomic E-state index is 11.7. The third-order valence-corrected chi connectivity index (χ3v) is 4.96. The fourth-order valence-corrected chi connectivity index (χ4v) is 3.73. The van der Waals surface area contributed by atoms with Crippen molar-refractivity contribution in [3.63, 3.8) is 0 Å². The molecule has 1 saturated heterocycles. The molecule has 1 aromatic carbocycles. The molecule has 1 aliphatic rings. The van der Waals surface area contributed by atoms with Crippen LogP contribution in [0.1, 0.15) is 31.4 Å². The van der Waals surface area contributed by atoms with Crippen LogP contribution < -0.4 is 5.32 Å². The molecule has 1 aromatic heterocycles. The Morgan fingerprint density at radius 1 is 1.33 bits per heavy atom. The van der Waals surface area contributed by atoms with Crippen molar-refractivity contribution in [2.75, 3.05) is 13.1 Å². The maximum absolute atomic E-state index is 11.7. The first-order valence-corrected chi connectivity index (χ1v) is 8.84. The quantitative estimate of drug-likeness (QED) is 0.855. The summed E-state index contributed by atoms with van der Waals surface area (Å²) in [5.74, 6) is -0.196. The number of aliphatic carboxylic acids is 1. The van der Waals surface area contributed by atoms with Crippen LogP contribution in [0.4, 0.5) is 0 Å². The van der Waals surface area contributed by atoms with Gasteiger partial charge in [0, 0.05) is 11.6 Å². The van der Waals surface area contributed by atoms with Crippen molar-refractivity contribution in [2.24, 2.45) is 17.8 Å². The molecule has 0 aliphatic carbocycles. The van der Waals surface area contributed by atoms with Gasteiger partial charge in [-0.15, -0.1) is 0 Å². The highest BCUT2D eigenvalue weighted by Crippen LogP contribution is 2.26. The molecule has 3 rings (SSSR count). The minimum Gasteiger partial charge on any atom is -0.481 e. The van der Waals surface area contributed by atoms with Crippen molar-refractivity contribution in [3.05, 3.63) is 41.6 Å². The van der Waals surface area contributed by atoms with Gasteiger partial charge in [-0.25, -0.2) is 0 Å². The molecule has 0 amide bonds. The van der Waals surface area contributed by atoms with Crippen molar-refractivity contribution in [1.82, 2.24) is 10.3 Å². The maximum Gasteiger partial charge on any atom is 0.307 e. The van der Waals surface area contributed by atoms with Crippen LogP contribution in [0.15, 0.2) is 30.5 Å². The van der Waals surface area contributed by atoms with Crippen molar-refractivity contribution in [1.29, 1.82) is 0 Å². The predicted octanol–water partition coefficient (Wildman–Crippen LogP) is 3.29. The lowest BCUT2D eigenvalue weighted by Crippen LogP contribution is -2.27. The van der Waals surface area contributed by atoms with E-state index in [2.05, 4.69) is 36.3 Å². The zero-order valence-electron chi connectivity index (χ0n) is 14.5. The monoisotopic (exact) mass is 326 g/mol. The van der Waals surface area contributed by atoms with Crippen LogP contribution in [0.2, 0.25) is 0 Å². The predicted molar refractivity (Wildman–Crippen MR) is 96.1 cm³/mol. The molecular formula is C20H26N2O2. The molecule has 4 heteroatoms. The number of benzene rings is 1. The number of nitrogens with one attached hydrogen (secondary N) is 1. The van der Waals surface area contributed by atoms with Crippen molar-refractivity contribution < 1.29 is 9.90 Å². The Hall–Kier alpha value is -1.94. The van der Waals surface area contributed by atoms with E-state index in [9.17, 15) is 9.90 Å². The van der Waals surface area contributed by atoms with E-state index >= 15 is 0 Å². The summed E-state index contributed by atoms with van der Waals surface area (Å²) in [6.07, 6.45) is 4.42. The zero-order chi connectivity index (χ0) is 17.1. The van der Waals surface area contributed by atoms with Gasteiger partial charge in [0.05, 0.1) is 11.4 Å². The molecular weight excluding hydrogens is 300 g/mol. The number of pyridine rings is 1. The topological polar surface area (TPSA) is 62.2 Å². The molecule has 0 radical (unpaired) electrons. The van der Waals surface area contributed by atoms with E-state index in [1.54, 1.807) is 0 Å². The second-order valence-electron chi connectivity index (χ2n) is 7.32. The van der Waals surface area contributed by atoms with E-state index in [1.807, 2.05) is 18.3 Å². The van der Waals surface area contributed by atoms with Gasteiger partial charge in [-0.1, -0.05) is 19.9 Å². The molecule has 0 bridgehead atoms. The fourth-order valence-electron chi connectivity index (χ4n) is 3.73. The lowest BCUT2D eigenvalue weighted by Gasteiger charge is -2.19. The normalized spacial score (nSPS) is 19.0. The van der Waals surface area contributed by atoms with E-state index in [-0.39, 0.29) is 11.8 Å². The van der Waals surface area contributed by atoms with Gasteiger partial charge in [0.15, 0.2) is 0 Å². The lowest BCUT2D eigenvalue weighted by atomic mass is 9.85. The number of fused-ring (bicyclic) bond motifs is 1. The Bertz CT molecular complexity index is 721. The molecule has 2 aromatic rings. The van der Waals surface area contributed by atoms with E-state index in [0.29, 0.717) is 12.3 Å². The van der Waals surface area contributed by atoms with Gasteiger partial charge in [-0.05, 0) is 73.5 Å². The average molecular weight is 326 g/mol. The fraction of sp³-hybridized carbons (Fsp3) is 0.500.